The van der Waals surface area contributed by atoms with Gasteiger partial charge < -0.3 is 5.73 Å². The summed E-state index contributed by atoms with van der Waals surface area (Å²) in [7, 11) is 0. The molecule has 0 aliphatic carbocycles. The van der Waals surface area contributed by atoms with Gasteiger partial charge in [-0.1, -0.05) is 12.1 Å². The zero-order valence-corrected chi connectivity index (χ0v) is 8.07. The first-order valence-electron chi connectivity index (χ1n) is 4.54. The van der Waals surface area contributed by atoms with E-state index < -0.39 is 0 Å². The number of pyridine rings is 1. The maximum atomic E-state index is 5.72. The summed E-state index contributed by atoms with van der Waals surface area (Å²) in [6.45, 7) is 1.98. The molecule has 2 N–H and O–H groups in total. The van der Waals surface area contributed by atoms with Crippen LogP contribution in [0, 0.1) is 6.92 Å². The Morgan fingerprint density at radius 3 is 2.57 bits per heavy atom. The number of benzene rings is 1. The molecule has 14 heavy (non-hydrogen) atoms. The molecule has 2 nitrogen and oxygen atoms in total. The number of hydrogen-bond donors (Lipinski definition) is 1. The van der Waals surface area contributed by atoms with Gasteiger partial charge in [-0.25, -0.2) is 0 Å². The summed E-state index contributed by atoms with van der Waals surface area (Å²) in [5.41, 5.74) is 9.82. The minimum Gasteiger partial charge on any atom is -0.399 e. The van der Waals surface area contributed by atoms with E-state index in [0.717, 1.165) is 22.5 Å². The van der Waals surface area contributed by atoms with Crippen LogP contribution in [-0.4, -0.2) is 4.98 Å². The van der Waals surface area contributed by atoms with Crippen molar-refractivity contribution in [2.45, 2.75) is 6.92 Å². The third-order valence-electron chi connectivity index (χ3n) is 2.12. The molecule has 70 valence electrons. The van der Waals surface area contributed by atoms with Crippen molar-refractivity contribution in [2.75, 3.05) is 5.73 Å². The Morgan fingerprint density at radius 2 is 1.86 bits per heavy atom. The second-order valence-corrected chi connectivity index (χ2v) is 3.31. The van der Waals surface area contributed by atoms with Gasteiger partial charge in [-0.3, -0.25) is 4.98 Å². The molecular weight excluding hydrogens is 172 g/mol. The maximum Gasteiger partial charge on any atom is 0.0378 e. The van der Waals surface area contributed by atoms with E-state index in [4.69, 9.17) is 5.73 Å². The number of hydrogen-bond acceptors (Lipinski definition) is 2. The Morgan fingerprint density at radius 1 is 1.07 bits per heavy atom. The molecule has 0 aliphatic heterocycles. The first-order valence-corrected chi connectivity index (χ1v) is 4.54. The minimum atomic E-state index is 0.789. The van der Waals surface area contributed by atoms with Crippen LogP contribution in [0.15, 0.2) is 42.6 Å². The second kappa shape index (κ2) is 3.50. The second-order valence-electron chi connectivity index (χ2n) is 3.31. The van der Waals surface area contributed by atoms with Gasteiger partial charge in [0.05, 0.1) is 0 Å². The van der Waals surface area contributed by atoms with Crippen molar-refractivity contribution in [1.82, 2.24) is 4.98 Å². The van der Waals surface area contributed by atoms with Crippen molar-refractivity contribution in [1.29, 1.82) is 0 Å². The zero-order chi connectivity index (χ0) is 9.97. The summed E-state index contributed by atoms with van der Waals surface area (Å²) in [4.78, 5) is 4.16. The molecule has 0 aliphatic rings. The first kappa shape index (κ1) is 8.75. The van der Waals surface area contributed by atoms with Gasteiger partial charge in [0.1, 0.15) is 0 Å². The third-order valence-corrected chi connectivity index (χ3v) is 2.12. The highest BCUT2D eigenvalue weighted by Gasteiger charge is 1.97. The zero-order valence-electron chi connectivity index (χ0n) is 8.07. The normalized spacial score (nSPS) is 10.1. The molecule has 0 fully saturated rings. The maximum absolute atomic E-state index is 5.72. The Labute approximate surface area is 83.4 Å². The first-order chi connectivity index (χ1) is 6.75. The Hall–Kier alpha value is -1.83. The number of anilines is 1. The van der Waals surface area contributed by atoms with Gasteiger partial charge in [-0.15, -0.1) is 0 Å². The Kier molecular flexibility index (Phi) is 2.19. The predicted molar refractivity (Wildman–Crippen MR) is 58.8 cm³/mol. The lowest BCUT2D eigenvalue weighted by molar-refractivity contribution is 1.20. The van der Waals surface area contributed by atoms with Gasteiger partial charge in [-0.2, -0.15) is 0 Å². The molecular formula is C12H12N2. The standard InChI is InChI=1S/C12H12N2/c1-9-7-11(5-6-14-9)10-3-2-4-12(13)8-10/h2-8H,13H2,1H3. The van der Waals surface area contributed by atoms with Crippen molar-refractivity contribution in [3.8, 4) is 11.1 Å². The van der Waals surface area contributed by atoms with Crippen LogP contribution in [0.25, 0.3) is 11.1 Å². The molecule has 0 unspecified atom stereocenters. The Bertz CT molecular complexity index is 406. The van der Waals surface area contributed by atoms with Crippen LogP contribution < -0.4 is 5.73 Å². The van der Waals surface area contributed by atoms with E-state index in [1.54, 1.807) is 0 Å². The van der Waals surface area contributed by atoms with Crippen LogP contribution in [0.5, 0.6) is 0 Å². The fraction of sp³-hybridized carbons (Fsp3) is 0.0833. The molecule has 1 heterocycles. The number of aryl methyl sites for hydroxylation is 1. The SMILES string of the molecule is Cc1cc(-c2cccc(N)c2)ccn1. The summed E-state index contributed by atoms with van der Waals surface area (Å²) >= 11 is 0. The van der Waals surface area contributed by atoms with E-state index in [2.05, 4.69) is 11.1 Å². The third kappa shape index (κ3) is 1.74. The highest BCUT2D eigenvalue weighted by molar-refractivity contribution is 5.67. The van der Waals surface area contributed by atoms with Crippen LogP contribution in [-0.2, 0) is 0 Å². The van der Waals surface area contributed by atoms with E-state index in [0.29, 0.717) is 0 Å². The van der Waals surface area contributed by atoms with Gasteiger partial charge in [0, 0.05) is 17.6 Å². The molecule has 0 saturated heterocycles. The van der Waals surface area contributed by atoms with Gasteiger partial charge in [-0.05, 0) is 42.3 Å². The number of aromatic nitrogens is 1. The number of nitrogens with two attached hydrogens (primary N) is 1. The van der Waals surface area contributed by atoms with E-state index in [1.165, 1.54) is 0 Å². The lowest BCUT2D eigenvalue weighted by Gasteiger charge is -2.02. The molecule has 0 amide bonds. The molecule has 1 aromatic carbocycles. The van der Waals surface area contributed by atoms with E-state index in [9.17, 15) is 0 Å². The monoisotopic (exact) mass is 184 g/mol. The van der Waals surface area contributed by atoms with Crippen molar-refractivity contribution in [2.24, 2.45) is 0 Å². The molecule has 0 atom stereocenters. The lowest BCUT2D eigenvalue weighted by Crippen LogP contribution is -1.86. The topological polar surface area (TPSA) is 38.9 Å². The highest BCUT2D eigenvalue weighted by atomic mass is 14.6. The van der Waals surface area contributed by atoms with Crippen molar-refractivity contribution < 1.29 is 0 Å². The molecule has 2 heteroatoms. The molecule has 0 saturated carbocycles. The van der Waals surface area contributed by atoms with Crippen molar-refractivity contribution >= 4 is 5.69 Å². The molecule has 2 aromatic rings. The highest BCUT2D eigenvalue weighted by Crippen LogP contribution is 2.21. The molecule has 0 bridgehead atoms. The van der Waals surface area contributed by atoms with Crippen molar-refractivity contribution in [3.05, 3.63) is 48.3 Å². The molecule has 1 aromatic heterocycles. The smallest absolute Gasteiger partial charge is 0.0378 e. The van der Waals surface area contributed by atoms with E-state index >= 15 is 0 Å². The lowest BCUT2D eigenvalue weighted by atomic mass is 10.1. The van der Waals surface area contributed by atoms with Crippen LogP contribution in [0.4, 0.5) is 5.69 Å². The molecule has 2 rings (SSSR count). The van der Waals surface area contributed by atoms with Crippen LogP contribution >= 0.6 is 0 Å². The largest absolute Gasteiger partial charge is 0.399 e. The summed E-state index contributed by atoms with van der Waals surface area (Å²) < 4.78 is 0. The van der Waals surface area contributed by atoms with Crippen LogP contribution in [0.2, 0.25) is 0 Å². The molecule has 0 spiro atoms. The van der Waals surface area contributed by atoms with Gasteiger partial charge in [0.25, 0.3) is 0 Å². The minimum absolute atomic E-state index is 0.789. The number of rotatable bonds is 1. The fourth-order valence-corrected chi connectivity index (χ4v) is 1.44. The summed E-state index contributed by atoms with van der Waals surface area (Å²) in [6.07, 6.45) is 1.81. The number of nitrogens with zero attached hydrogens (tertiary/aromatic N) is 1. The van der Waals surface area contributed by atoms with Gasteiger partial charge in [0.15, 0.2) is 0 Å². The fourth-order valence-electron chi connectivity index (χ4n) is 1.44. The quantitative estimate of drug-likeness (QED) is 0.692. The predicted octanol–water partition coefficient (Wildman–Crippen LogP) is 2.64. The molecule has 0 radical (unpaired) electrons. The van der Waals surface area contributed by atoms with Crippen molar-refractivity contribution in [3.63, 3.8) is 0 Å². The van der Waals surface area contributed by atoms with E-state index in [1.807, 2.05) is 43.5 Å². The number of nitrogen functional groups attached to an aromatic ring is 1. The summed E-state index contributed by atoms with van der Waals surface area (Å²) in [5.74, 6) is 0. The summed E-state index contributed by atoms with van der Waals surface area (Å²) in [6, 6.07) is 11.9. The Balaban J connectivity index is 2.49. The van der Waals surface area contributed by atoms with Gasteiger partial charge in [0.2, 0.25) is 0 Å². The van der Waals surface area contributed by atoms with Crippen LogP contribution in [0.1, 0.15) is 5.69 Å². The van der Waals surface area contributed by atoms with Gasteiger partial charge >= 0.3 is 0 Å². The summed E-state index contributed by atoms with van der Waals surface area (Å²) in [5, 5.41) is 0. The van der Waals surface area contributed by atoms with Crippen LogP contribution in [0.3, 0.4) is 0 Å². The average molecular weight is 184 g/mol. The average Bonchev–Trinajstić information content (AvgIpc) is 2.18. The van der Waals surface area contributed by atoms with E-state index in [-0.39, 0.29) is 0 Å².